The zero-order valence-electron chi connectivity index (χ0n) is 15.1. The van der Waals surface area contributed by atoms with Gasteiger partial charge in [-0.1, -0.05) is 34.5 Å². The van der Waals surface area contributed by atoms with Crippen molar-refractivity contribution in [2.75, 3.05) is 42.9 Å². The Hall–Kier alpha value is -1.56. The van der Waals surface area contributed by atoms with Crippen LogP contribution in [0.15, 0.2) is 40.9 Å². The van der Waals surface area contributed by atoms with Crippen LogP contribution in [0, 0.1) is 6.92 Å². The molecule has 2 aromatic carbocycles. The number of anilines is 2. The van der Waals surface area contributed by atoms with Gasteiger partial charge in [0.1, 0.15) is 0 Å². The summed E-state index contributed by atoms with van der Waals surface area (Å²) < 4.78 is 0.824. The first-order valence-corrected chi connectivity index (χ1v) is 9.99. The van der Waals surface area contributed by atoms with Crippen LogP contribution < -0.4 is 10.2 Å². The lowest BCUT2D eigenvalue weighted by atomic mass is 10.1. The van der Waals surface area contributed by atoms with E-state index in [1.165, 1.54) is 5.69 Å². The highest BCUT2D eigenvalue weighted by molar-refractivity contribution is 9.10. The molecule has 138 valence electrons. The van der Waals surface area contributed by atoms with Crippen molar-refractivity contribution in [1.82, 2.24) is 4.90 Å². The first kappa shape index (κ1) is 19.2. The average Bonchev–Trinajstić information content (AvgIpc) is 2.65. The number of likely N-dealkylation sites (N-methyl/N-ethyl adjacent to an activating group) is 1. The van der Waals surface area contributed by atoms with E-state index < -0.39 is 0 Å². The summed E-state index contributed by atoms with van der Waals surface area (Å²) in [4.78, 5) is 17.4. The first-order chi connectivity index (χ1) is 12.5. The molecule has 4 nitrogen and oxygen atoms in total. The van der Waals surface area contributed by atoms with E-state index in [4.69, 9.17) is 11.6 Å². The van der Waals surface area contributed by atoms with Crippen LogP contribution >= 0.6 is 27.5 Å². The highest BCUT2D eigenvalue weighted by atomic mass is 79.9. The molecule has 1 aliphatic rings. The van der Waals surface area contributed by atoms with Crippen LogP contribution in [0.2, 0.25) is 5.02 Å². The van der Waals surface area contributed by atoms with Crippen molar-refractivity contribution in [3.63, 3.8) is 0 Å². The van der Waals surface area contributed by atoms with Crippen LogP contribution in [0.1, 0.15) is 22.8 Å². The second-order valence-corrected chi connectivity index (χ2v) is 7.82. The van der Waals surface area contributed by atoms with Crippen LogP contribution in [0.5, 0.6) is 0 Å². The molecule has 3 rings (SSSR count). The quantitative estimate of drug-likeness (QED) is 0.747. The number of amides is 1. The van der Waals surface area contributed by atoms with Gasteiger partial charge in [-0.05, 0) is 55.4 Å². The topological polar surface area (TPSA) is 35.6 Å². The van der Waals surface area contributed by atoms with Crippen LogP contribution in [0.3, 0.4) is 0 Å². The second kappa shape index (κ2) is 8.42. The molecule has 1 N–H and O–H groups in total. The third-order valence-corrected chi connectivity index (χ3v) is 5.64. The van der Waals surface area contributed by atoms with Crippen molar-refractivity contribution < 1.29 is 4.79 Å². The van der Waals surface area contributed by atoms with Gasteiger partial charge in [0.2, 0.25) is 0 Å². The molecular weight excluding hydrogens is 414 g/mol. The minimum absolute atomic E-state index is 0.205. The highest BCUT2D eigenvalue weighted by Gasteiger charge is 2.17. The Morgan fingerprint density at radius 1 is 1.15 bits per heavy atom. The van der Waals surface area contributed by atoms with Crippen molar-refractivity contribution in [2.24, 2.45) is 0 Å². The number of hydrogen-bond donors (Lipinski definition) is 1. The van der Waals surface area contributed by atoms with E-state index in [-0.39, 0.29) is 5.91 Å². The van der Waals surface area contributed by atoms with Crippen LogP contribution in [-0.2, 0) is 0 Å². The van der Waals surface area contributed by atoms with Gasteiger partial charge in [-0.15, -0.1) is 0 Å². The van der Waals surface area contributed by atoms with Gasteiger partial charge in [0, 0.05) is 42.0 Å². The molecule has 0 aromatic heterocycles. The van der Waals surface area contributed by atoms with Crippen molar-refractivity contribution in [3.05, 3.63) is 57.0 Å². The van der Waals surface area contributed by atoms with Crippen molar-refractivity contribution >= 4 is 44.8 Å². The minimum atomic E-state index is -0.205. The SMILES string of the molecule is CCN1CCN(c2ccc(NC(=O)c3cc(Br)ccc3Cl)c(C)c2)CC1. The maximum Gasteiger partial charge on any atom is 0.257 e. The molecule has 1 fully saturated rings. The van der Waals surface area contributed by atoms with Gasteiger partial charge in [-0.3, -0.25) is 4.79 Å². The molecule has 6 heteroatoms. The van der Waals surface area contributed by atoms with E-state index in [0.717, 1.165) is 48.4 Å². The second-order valence-electron chi connectivity index (χ2n) is 6.50. The Bertz CT molecular complexity index is 804. The number of rotatable bonds is 4. The molecule has 1 amide bonds. The molecule has 0 saturated carbocycles. The molecule has 1 saturated heterocycles. The number of halogens is 2. The lowest BCUT2D eigenvalue weighted by Crippen LogP contribution is -2.46. The molecule has 0 aliphatic carbocycles. The molecule has 0 bridgehead atoms. The number of carbonyl (C=O) groups is 1. The highest BCUT2D eigenvalue weighted by Crippen LogP contribution is 2.26. The number of piperazine rings is 1. The third-order valence-electron chi connectivity index (χ3n) is 4.82. The Morgan fingerprint density at radius 2 is 1.88 bits per heavy atom. The fourth-order valence-electron chi connectivity index (χ4n) is 3.17. The molecule has 0 unspecified atom stereocenters. The summed E-state index contributed by atoms with van der Waals surface area (Å²) in [6, 6.07) is 11.5. The number of nitrogens with zero attached hydrogens (tertiary/aromatic N) is 2. The van der Waals surface area contributed by atoms with Gasteiger partial charge in [0.15, 0.2) is 0 Å². The maximum atomic E-state index is 12.6. The predicted octanol–water partition coefficient (Wildman–Crippen LogP) is 4.81. The number of benzene rings is 2. The lowest BCUT2D eigenvalue weighted by molar-refractivity contribution is 0.102. The summed E-state index contributed by atoms with van der Waals surface area (Å²) in [7, 11) is 0. The van der Waals surface area contributed by atoms with E-state index in [0.29, 0.717) is 10.6 Å². The average molecular weight is 437 g/mol. The largest absolute Gasteiger partial charge is 0.369 e. The Morgan fingerprint density at radius 3 is 2.54 bits per heavy atom. The van der Waals surface area contributed by atoms with Crippen molar-refractivity contribution in [1.29, 1.82) is 0 Å². The molecule has 0 atom stereocenters. The minimum Gasteiger partial charge on any atom is -0.369 e. The van der Waals surface area contributed by atoms with E-state index in [9.17, 15) is 4.79 Å². The van der Waals surface area contributed by atoms with Gasteiger partial charge < -0.3 is 15.1 Å². The normalized spacial score (nSPS) is 15.2. The summed E-state index contributed by atoms with van der Waals surface area (Å²) in [6.45, 7) is 9.58. The molecule has 1 heterocycles. The summed E-state index contributed by atoms with van der Waals surface area (Å²) >= 11 is 9.54. The van der Waals surface area contributed by atoms with Gasteiger partial charge in [0.25, 0.3) is 5.91 Å². The molecule has 0 spiro atoms. The zero-order chi connectivity index (χ0) is 18.7. The van der Waals surface area contributed by atoms with E-state index >= 15 is 0 Å². The number of aryl methyl sites for hydroxylation is 1. The maximum absolute atomic E-state index is 12.6. The smallest absolute Gasteiger partial charge is 0.257 e. The monoisotopic (exact) mass is 435 g/mol. The molecule has 2 aromatic rings. The Balaban J connectivity index is 1.72. The number of hydrogen-bond acceptors (Lipinski definition) is 3. The van der Waals surface area contributed by atoms with Crippen LogP contribution in [-0.4, -0.2) is 43.5 Å². The Labute approximate surface area is 168 Å². The summed E-state index contributed by atoms with van der Waals surface area (Å²) in [5, 5.41) is 3.41. The number of carbonyl (C=O) groups excluding carboxylic acids is 1. The predicted molar refractivity (Wildman–Crippen MR) is 113 cm³/mol. The zero-order valence-corrected chi connectivity index (χ0v) is 17.4. The van der Waals surface area contributed by atoms with Crippen molar-refractivity contribution in [2.45, 2.75) is 13.8 Å². The lowest BCUT2D eigenvalue weighted by Gasteiger charge is -2.35. The third kappa shape index (κ3) is 4.40. The molecule has 1 aliphatic heterocycles. The van der Waals surface area contributed by atoms with Gasteiger partial charge in [-0.25, -0.2) is 0 Å². The van der Waals surface area contributed by atoms with Gasteiger partial charge in [-0.2, -0.15) is 0 Å². The van der Waals surface area contributed by atoms with Crippen LogP contribution in [0.25, 0.3) is 0 Å². The fourth-order valence-corrected chi connectivity index (χ4v) is 3.73. The molecular formula is C20H23BrClN3O. The molecule has 26 heavy (non-hydrogen) atoms. The van der Waals surface area contributed by atoms with Gasteiger partial charge >= 0.3 is 0 Å². The van der Waals surface area contributed by atoms with Crippen molar-refractivity contribution in [3.8, 4) is 0 Å². The summed E-state index contributed by atoms with van der Waals surface area (Å²) in [6.07, 6.45) is 0. The fraction of sp³-hybridized carbons (Fsp3) is 0.350. The summed E-state index contributed by atoms with van der Waals surface area (Å²) in [5.41, 5.74) is 3.51. The summed E-state index contributed by atoms with van der Waals surface area (Å²) in [5.74, 6) is -0.205. The molecule has 0 radical (unpaired) electrons. The van der Waals surface area contributed by atoms with E-state index in [2.05, 4.69) is 50.1 Å². The first-order valence-electron chi connectivity index (χ1n) is 8.82. The Kier molecular flexibility index (Phi) is 6.22. The van der Waals surface area contributed by atoms with Gasteiger partial charge in [0.05, 0.1) is 10.6 Å². The number of nitrogens with one attached hydrogen (secondary N) is 1. The van der Waals surface area contributed by atoms with E-state index in [1.54, 1.807) is 12.1 Å². The standard InChI is InChI=1S/C20H23BrClN3O/c1-3-24-8-10-25(11-9-24)16-5-7-19(14(2)12-16)23-20(26)17-13-15(21)4-6-18(17)22/h4-7,12-13H,3,8-11H2,1-2H3,(H,23,26). The van der Waals surface area contributed by atoms with E-state index in [1.807, 2.05) is 19.1 Å². The van der Waals surface area contributed by atoms with Crippen LogP contribution in [0.4, 0.5) is 11.4 Å².